The van der Waals surface area contributed by atoms with Crippen molar-refractivity contribution in [1.82, 2.24) is 9.13 Å². The second-order valence-electron chi connectivity index (χ2n) is 21.1. The van der Waals surface area contributed by atoms with E-state index in [9.17, 15) is 5.26 Å². The van der Waals surface area contributed by atoms with Crippen LogP contribution >= 0.6 is 0 Å². The highest BCUT2D eigenvalue weighted by Gasteiger charge is 2.34. The van der Waals surface area contributed by atoms with E-state index in [0.717, 1.165) is 116 Å². The smallest absolute Gasteiger partial charge is 0.307 e. The Kier molecular flexibility index (Phi) is 11.5. The van der Waals surface area contributed by atoms with E-state index in [1.54, 1.807) is 12.1 Å². The van der Waals surface area contributed by atoms with Gasteiger partial charge in [-0.2, -0.15) is 18.4 Å². The van der Waals surface area contributed by atoms with Crippen molar-refractivity contribution in [2.45, 2.75) is 61.6 Å². The summed E-state index contributed by atoms with van der Waals surface area (Å²) in [6.45, 7) is 16.9. The number of fused-ring (bicyclic) bond motifs is 6. The summed E-state index contributed by atoms with van der Waals surface area (Å²) in [5.41, 5.74) is 22.2. The molecule has 10 aromatic carbocycles. The molecule has 0 atom stereocenters. The van der Waals surface area contributed by atoms with E-state index in [4.69, 9.17) is 0 Å². The second-order valence-corrected chi connectivity index (χ2v) is 21.1. The van der Waals surface area contributed by atoms with Gasteiger partial charge < -0.3 is 9.13 Å². The lowest BCUT2D eigenvalue weighted by Gasteiger charge is -2.21. The van der Waals surface area contributed by atoms with Crippen LogP contribution in [0, 0.1) is 66.7 Å². The van der Waals surface area contributed by atoms with Crippen LogP contribution in [0.5, 0.6) is 0 Å². The van der Waals surface area contributed by atoms with Crippen molar-refractivity contribution in [3.05, 3.63) is 238 Å². The average Bonchev–Trinajstić information content (AvgIpc) is 3.94. The molecule has 0 fully saturated rings. The van der Waals surface area contributed by atoms with Crippen molar-refractivity contribution < 1.29 is 13.2 Å². The molecule has 2 aromatic heterocycles. The third-order valence-corrected chi connectivity index (χ3v) is 15.0. The standard InChI is InChI=1S/C70H54F3N3/c1-40-21-41(2)26-52(25-40)48-13-17-64-59(33-48)60-34-49(53-27-42(3)22-43(4)28-53)14-18-65(60)75(64)68-37-56(39-74)58(57-11-9-10-12-63(57)70(71,72)73)38-69(68)76-66-19-15-50(54-29-44(5)23-45(6)30-54)35-61(66)62-36-51(16-20-67(62)76)55-31-46(7)24-47(8)32-55/h9-38H,1-8H3. The number of rotatable bonds is 7. The number of alkyl halides is 3. The molecule has 0 saturated carbocycles. The fourth-order valence-corrected chi connectivity index (χ4v) is 12.1. The van der Waals surface area contributed by atoms with Crippen LogP contribution in [0.2, 0.25) is 0 Å². The number of aromatic nitrogens is 2. The first-order valence-corrected chi connectivity index (χ1v) is 25.7. The van der Waals surface area contributed by atoms with Crippen molar-refractivity contribution in [3.63, 3.8) is 0 Å². The molecule has 0 bridgehead atoms. The van der Waals surface area contributed by atoms with Gasteiger partial charge in [-0.15, -0.1) is 0 Å². The normalized spacial score (nSPS) is 11.9. The Morgan fingerprint density at radius 3 is 0.934 bits per heavy atom. The van der Waals surface area contributed by atoms with Crippen molar-refractivity contribution in [2.75, 3.05) is 0 Å². The van der Waals surface area contributed by atoms with Crippen LogP contribution in [-0.2, 0) is 6.18 Å². The fraction of sp³-hybridized carbons (Fsp3) is 0.129. The summed E-state index contributed by atoms with van der Waals surface area (Å²) in [7, 11) is 0. The lowest BCUT2D eigenvalue weighted by atomic mass is 9.94. The van der Waals surface area contributed by atoms with Gasteiger partial charge in [0.1, 0.15) is 0 Å². The summed E-state index contributed by atoms with van der Waals surface area (Å²) in [6.07, 6.45) is -4.68. The van der Waals surface area contributed by atoms with E-state index in [2.05, 4.69) is 216 Å². The van der Waals surface area contributed by atoms with Crippen molar-refractivity contribution in [3.8, 4) is 73.1 Å². The van der Waals surface area contributed by atoms with E-state index in [1.165, 1.54) is 34.4 Å². The number of nitrogens with zero attached hydrogens (tertiary/aromatic N) is 3. The molecule has 0 N–H and O–H groups in total. The molecule has 2 heterocycles. The van der Waals surface area contributed by atoms with Crippen LogP contribution in [0.1, 0.15) is 55.6 Å². The Hall–Kier alpha value is -8.92. The molecule has 12 aromatic rings. The maximum absolute atomic E-state index is 15.2. The predicted molar refractivity (Wildman–Crippen MR) is 310 cm³/mol. The summed E-state index contributed by atoms with van der Waals surface area (Å²) in [5, 5.41) is 15.2. The summed E-state index contributed by atoms with van der Waals surface area (Å²) < 4.78 is 49.9. The van der Waals surface area contributed by atoms with Gasteiger partial charge in [0, 0.05) is 27.1 Å². The zero-order valence-electron chi connectivity index (χ0n) is 43.8. The third-order valence-electron chi connectivity index (χ3n) is 15.0. The first kappa shape index (κ1) is 48.0. The van der Waals surface area contributed by atoms with Gasteiger partial charge in [-0.1, -0.05) is 160 Å². The minimum atomic E-state index is -4.68. The monoisotopic (exact) mass is 993 g/mol. The van der Waals surface area contributed by atoms with Crippen LogP contribution in [-0.4, -0.2) is 9.13 Å². The number of hydrogen-bond donors (Lipinski definition) is 0. The molecule has 0 radical (unpaired) electrons. The van der Waals surface area contributed by atoms with Crippen molar-refractivity contribution in [2.24, 2.45) is 0 Å². The van der Waals surface area contributed by atoms with Gasteiger partial charge in [0.2, 0.25) is 0 Å². The predicted octanol–water partition coefficient (Wildman–Crippen LogP) is 19.6. The number of aryl methyl sites for hydroxylation is 8. The van der Waals surface area contributed by atoms with E-state index in [1.807, 2.05) is 6.07 Å². The quantitative estimate of drug-likeness (QED) is 0.157. The molecule has 0 aliphatic carbocycles. The molecule has 6 heteroatoms. The first-order valence-electron chi connectivity index (χ1n) is 25.7. The van der Waals surface area contributed by atoms with Crippen LogP contribution in [0.25, 0.3) is 111 Å². The molecular weight excluding hydrogens is 940 g/mol. The molecule has 370 valence electrons. The van der Waals surface area contributed by atoms with Gasteiger partial charge in [0.15, 0.2) is 0 Å². The van der Waals surface area contributed by atoms with Crippen LogP contribution in [0.15, 0.2) is 182 Å². The zero-order chi connectivity index (χ0) is 52.9. The number of hydrogen-bond acceptors (Lipinski definition) is 1. The van der Waals surface area contributed by atoms with Crippen LogP contribution in [0.4, 0.5) is 13.2 Å². The summed E-state index contributed by atoms with van der Waals surface area (Å²) in [6, 6.07) is 64.2. The Morgan fingerprint density at radius 1 is 0.329 bits per heavy atom. The SMILES string of the molecule is Cc1cc(C)cc(-c2ccc3c(c2)c2cc(-c4cc(C)cc(C)c4)ccc2n3-c2cc(C#N)c(-c3ccccc3C(F)(F)F)cc2-n2c3ccc(-c4cc(C)cc(C)c4)cc3c3cc(-c4cc(C)cc(C)c4)ccc32)c1. The molecule has 12 rings (SSSR count). The third kappa shape index (κ3) is 8.43. The zero-order valence-corrected chi connectivity index (χ0v) is 43.8. The summed E-state index contributed by atoms with van der Waals surface area (Å²) in [5.74, 6) is 0. The molecule has 0 amide bonds. The molecule has 3 nitrogen and oxygen atoms in total. The van der Waals surface area contributed by atoms with E-state index >= 15 is 13.2 Å². The fourth-order valence-electron chi connectivity index (χ4n) is 12.1. The highest BCUT2D eigenvalue weighted by molar-refractivity contribution is 6.14. The van der Waals surface area contributed by atoms with Gasteiger partial charge in [-0.05, 0) is 172 Å². The molecule has 0 aliphatic heterocycles. The maximum Gasteiger partial charge on any atom is 0.417 e. The number of benzene rings is 10. The van der Waals surface area contributed by atoms with E-state index in [-0.39, 0.29) is 16.7 Å². The van der Waals surface area contributed by atoms with Crippen molar-refractivity contribution in [1.29, 1.82) is 5.26 Å². The van der Waals surface area contributed by atoms with Gasteiger partial charge in [0.05, 0.1) is 50.6 Å². The molecule has 0 aliphatic rings. The largest absolute Gasteiger partial charge is 0.417 e. The average molecular weight is 994 g/mol. The Morgan fingerprint density at radius 2 is 0.632 bits per heavy atom. The molecule has 0 spiro atoms. The molecule has 0 unspecified atom stereocenters. The Bertz CT molecular complexity index is 4140. The topological polar surface area (TPSA) is 33.6 Å². The van der Waals surface area contributed by atoms with Gasteiger partial charge >= 0.3 is 6.18 Å². The lowest BCUT2D eigenvalue weighted by Crippen LogP contribution is -2.09. The molecule has 0 saturated heterocycles. The Balaban J connectivity index is 1.22. The maximum atomic E-state index is 15.2. The summed E-state index contributed by atoms with van der Waals surface area (Å²) >= 11 is 0. The van der Waals surface area contributed by atoms with Gasteiger partial charge in [-0.3, -0.25) is 0 Å². The molecule has 76 heavy (non-hydrogen) atoms. The molecular formula is C70H54F3N3. The van der Waals surface area contributed by atoms with Crippen molar-refractivity contribution >= 4 is 43.6 Å². The van der Waals surface area contributed by atoms with E-state index in [0.29, 0.717) is 11.4 Å². The number of halogens is 3. The Labute approximate surface area is 441 Å². The summed E-state index contributed by atoms with van der Waals surface area (Å²) in [4.78, 5) is 0. The minimum Gasteiger partial charge on any atom is -0.307 e. The van der Waals surface area contributed by atoms with Gasteiger partial charge in [0.25, 0.3) is 0 Å². The highest BCUT2D eigenvalue weighted by atomic mass is 19.4. The first-order chi connectivity index (χ1) is 36.5. The number of nitriles is 1. The van der Waals surface area contributed by atoms with Crippen LogP contribution < -0.4 is 0 Å². The second kappa shape index (κ2) is 18.2. The van der Waals surface area contributed by atoms with Gasteiger partial charge in [-0.25, -0.2) is 0 Å². The van der Waals surface area contributed by atoms with E-state index < -0.39 is 11.7 Å². The van der Waals surface area contributed by atoms with Crippen LogP contribution in [0.3, 0.4) is 0 Å². The minimum absolute atomic E-state index is 0.0623. The lowest BCUT2D eigenvalue weighted by molar-refractivity contribution is -0.137. The highest BCUT2D eigenvalue weighted by Crippen LogP contribution is 2.46.